The molecule has 140 valence electrons. The van der Waals surface area contributed by atoms with Crippen LogP contribution in [0.4, 0.5) is 0 Å². The van der Waals surface area contributed by atoms with E-state index in [-0.39, 0.29) is 24.7 Å². The molecule has 0 bridgehead atoms. The summed E-state index contributed by atoms with van der Waals surface area (Å²) < 4.78 is 56.9. The maximum Gasteiger partial charge on any atom is 0.272 e. The van der Waals surface area contributed by atoms with Crippen molar-refractivity contribution in [2.75, 3.05) is 13.2 Å². The molecule has 0 radical (unpaired) electrons. The van der Waals surface area contributed by atoms with Gasteiger partial charge in [0, 0.05) is 9.75 Å². The van der Waals surface area contributed by atoms with Crippen molar-refractivity contribution in [3.8, 4) is 0 Å². The van der Waals surface area contributed by atoms with E-state index < -0.39 is 20.2 Å². The van der Waals surface area contributed by atoms with Gasteiger partial charge in [0.15, 0.2) is 0 Å². The van der Waals surface area contributed by atoms with Crippen molar-refractivity contribution in [1.82, 2.24) is 0 Å². The fourth-order valence-electron chi connectivity index (χ4n) is 1.97. The Morgan fingerprint density at radius 2 is 1.16 bits per heavy atom. The molecule has 0 N–H and O–H groups in total. The van der Waals surface area contributed by atoms with Crippen molar-refractivity contribution in [2.45, 2.75) is 30.8 Å². The molecule has 0 fully saturated rings. The molecule has 10 heteroatoms. The minimum Gasteiger partial charge on any atom is -0.270 e. The van der Waals surface area contributed by atoms with Crippen LogP contribution in [0, 0.1) is 0 Å². The highest BCUT2D eigenvalue weighted by molar-refractivity contribution is 7.86. The van der Waals surface area contributed by atoms with Gasteiger partial charge in [-0.2, -0.15) is 16.8 Å². The van der Waals surface area contributed by atoms with Crippen LogP contribution in [-0.4, -0.2) is 30.0 Å². The van der Waals surface area contributed by atoms with E-state index in [0.29, 0.717) is 19.3 Å². The Morgan fingerprint density at radius 3 is 1.52 bits per heavy atom. The Balaban J connectivity index is 1.56. The maximum absolute atomic E-state index is 11.8. The van der Waals surface area contributed by atoms with Crippen molar-refractivity contribution in [2.24, 2.45) is 0 Å². The summed E-state index contributed by atoms with van der Waals surface area (Å²) in [6.45, 7) is 0.186. The van der Waals surface area contributed by atoms with Crippen molar-refractivity contribution >= 4 is 42.9 Å². The second-order valence-electron chi connectivity index (χ2n) is 5.27. The third-order valence-corrected chi connectivity index (χ3v) is 7.61. The molecule has 0 saturated heterocycles. The van der Waals surface area contributed by atoms with Crippen LogP contribution in [0.15, 0.2) is 35.0 Å². The minimum atomic E-state index is -3.57. The Hall–Kier alpha value is -0.780. The molecule has 0 saturated carbocycles. The van der Waals surface area contributed by atoms with Crippen LogP contribution in [0.5, 0.6) is 0 Å². The molecule has 25 heavy (non-hydrogen) atoms. The SMILES string of the molecule is O=S(=O)(Cc1cccs1)OCCCCCOS(=O)(=O)Cc1cccs1. The summed E-state index contributed by atoms with van der Waals surface area (Å²) in [4.78, 5) is 1.48. The van der Waals surface area contributed by atoms with Crippen molar-refractivity contribution in [1.29, 1.82) is 0 Å². The molecule has 6 nitrogen and oxygen atoms in total. The first-order valence-corrected chi connectivity index (χ1v) is 12.6. The van der Waals surface area contributed by atoms with Crippen molar-refractivity contribution in [3.63, 3.8) is 0 Å². The fourth-order valence-corrected chi connectivity index (χ4v) is 6.16. The maximum atomic E-state index is 11.8. The summed E-state index contributed by atoms with van der Waals surface area (Å²) in [5.41, 5.74) is 0. The predicted octanol–water partition coefficient (Wildman–Crippen LogP) is 3.37. The molecule has 0 aromatic carbocycles. The Morgan fingerprint density at radius 1 is 0.720 bits per heavy atom. The van der Waals surface area contributed by atoms with Gasteiger partial charge in [0.1, 0.15) is 11.5 Å². The third kappa shape index (κ3) is 8.43. The third-order valence-electron chi connectivity index (χ3n) is 3.11. The fraction of sp³-hybridized carbons (Fsp3) is 0.467. The number of thiophene rings is 2. The largest absolute Gasteiger partial charge is 0.272 e. The molecule has 0 amide bonds. The molecule has 0 aliphatic heterocycles. The lowest BCUT2D eigenvalue weighted by atomic mass is 10.2. The Bertz CT molecular complexity index is 737. The number of hydrogen-bond acceptors (Lipinski definition) is 8. The predicted molar refractivity (Wildman–Crippen MR) is 99.6 cm³/mol. The first-order valence-electron chi connectivity index (χ1n) is 7.65. The number of hydrogen-bond donors (Lipinski definition) is 0. The molecular weight excluding hydrogens is 404 g/mol. The highest BCUT2D eigenvalue weighted by Crippen LogP contribution is 2.15. The standard InChI is InChI=1S/C15H20O6S4/c16-24(17,12-14-6-4-10-22-14)20-8-2-1-3-9-21-25(18,19)13-15-7-5-11-23-15/h4-7,10-11H,1-3,8-9,12-13H2. The average molecular weight is 425 g/mol. The van der Waals surface area contributed by atoms with E-state index >= 15 is 0 Å². The second-order valence-corrected chi connectivity index (χ2v) is 10.6. The van der Waals surface area contributed by atoms with Gasteiger partial charge in [-0.15, -0.1) is 22.7 Å². The molecule has 2 rings (SSSR count). The van der Waals surface area contributed by atoms with E-state index in [2.05, 4.69) is 0 Å². The summed E-state index contributed by atoms with van der Waals surface area (Å²) in [6.07, 6.45) is 1.68. The van der Waals surface area contributed by atoms with E-state index in [1.165, 1.54) is 22.7 Å². The Labute approximate surface area is 156 Å². The molecule has 2 heterocycles. The van der Waals surface area contributed by atoms with Crippen LogP contribution in [0.25, 0.3) is 0 Å². The van der Waals surface area contributed by atoms with Gasteiger partial charge in [0.2, 0.25) is 0 Å². The van der Waals surface area contributed by atoms with Crippen LogP contribution in [0.1, 0.15) is 29.0 Å². The summed E-state index contributed by atoms with van der Waals surface area (Å²) in [5.74, 6) is -0.233. The average Bonchev–Trinajstić information content (AvgIpc) is 3.19. The van der Waals surface area contributed by atoms with Crippen LogP contribution in [0.3, 0.4) is 0 Å². The molecule has 0 unspecified atom stereocenters. The summed E-state index contributed by atoms with van der Waals surface area (Å²) >= 11 is 2.74. The van der Waals surface area contributed by atoms with Gasteiger partial charge in [-0.05, 0) is 42.2 Å². The monoisotopic (exact) mass is 424 g/mol. The van der Waals surface area contributed by atoms with E-state index in [9.17, 15) is 16.8 Å². The Kier molecular flexibility index (Phi) is 8.04. The van der Waals surface area contributed by atoms with Crippen molar-refractivity contribution < 1.29 is 25.2 Å². The molecule has 0 atom stereocenters. The van der Waals surface area contributed by atoms with Gasteiger partial charge in [-0.3, -0.25) is 8.37 Å². The summed E-state index contributed by atoms with van der Waals surface area (Å²) in [6, 6.07) is 7.09. The van der Waals surface area contributed by atoms with E-state index in [1.807, 2.05) is 10.8 Å². The quantitative estimate of drug-likeness (QED) is 0.383. The van der Waals surface area contributed by atoms with Gasteiger partial charge in [-0.1, -0.05) is 12.1 Å². The zero-order chi connectivity index (χ0) is 18.2. The van der Waals surface area contributed by atoms with Gasteiger partial charge in [-0.25, -0.2) is 0 Å². The van der Waals surface area contributed by atoms with Crippen LogP contribution >= 0.6 is 22.7 Å². The molecule has 0 aliphatic carbocycles. The van der Waals surface area contributed by atoms with E-state index in [1.54, 1.807) is 24.3 Å². The molecule has 2 aromatic rings. The molecular formula is C15H20O6S4. The summed E-state index contributed by atoms with van der Waals surface area (Å²) in [5, 5.41) is 3.63. The van der Waals surface area contributed by atoms with Crippen LogP contribution in [-0.2, 0) is 40.1 Å². The van der Waals surface area contributed by atoms with Crippen molar-refractivity contribution in [3.05, 3.63) is 44.8 Å². The normalized spacial score (nSPS) is 12.5. The van der Waals surface area contributed by atoms with Crippen LogP contribution in [0.2, 0.25) is 0 Å². The molecule has 0 aliphatic rings. The number of unbranched alkanes of at least 4 members (excludes halogenated alkanes) is 2. The van der Waals surface area contributed by atoms with Crippen LogP contribution < -0.4 is 0 Å². The van der Waals surface area contributed by atoms with Gasteiger partial charge < -0.3 is 0 Å². The van der Waals surface area contributed by atoms with Gasteiger partial charge in [0.05, 0.1) is 13.2 Å². The van der Waals surface area contributed by atoms with E-state index in [4.69, 9.17) is 8.37 Å². The van der Waals surface area contributed by atoms with Gasteiger partial charge in [0.25, 0.3) is 20.2 Å². The summed E-state index contributed by atoms with van der Waals surface area (Å²) in [7, 11) is -7.13. The highest BCUT2D eigenvalue weighted by Gasteiger charge is 2.14. The first kappa shape index (κ1) is 20.5. The second kappa shape index (κ2) is 9.79. The minimum absolute atomic E-state index is 0.0929. The lowest BCUT2D eigenvalue weighted by Gasteiger charge is -2.06. The first-order chi connectivity index (χ1) is 11.9. The zero-order valence-electron chi connectivity index (χ0n) is 13.5. The molecule has 0 spiro atoms. The topological polar surface area (TPSA) is 86.7 Å². The lowest BCUT2D eigenvalue weighted by Crippen LogP contribution is -2.10. The number of rotatable bonds is 12. The van der Waals surface area contributed by atoms with E-state index in [0.717, 1.165) is 9.75 Å². The highest BCUT2D eigenvalue weighted by atomic mass is 32.2. The zero-order valence-corrected chi connectivity index (χ0v) is 16.8. The molecule has 2 aromatic heterocycles. The smallest absolute Gasteiger partial charge is 0.270 e. The van der Waals surface area contributed by atoms with Gasteiger partial charge >= 0.3 is 0 Å². The lowest BCUT2D eigenvalue weighted by molar-refractivity contribution is 0.283.